The molecule has 4 nitrogen and oxygen atoms in total. The second-order valence-corrected chi connectivity index (χ2v) is 7.59. The van der Waals surface area contributed by atoms with Gasteiger partial charge in [0.1, 0.15) is 9.96 Å². The van der Waals surface area contributed by atoms with E-state index >= 15 is 0 Å². The number of ether oxygens (including phenoxy) is 1. The molecule has 0 unspecified atom stereocenters. The van der Waals surface area contributed by atoms with E-state index < -0.39 is 10.0 Å². The lowest BCUT2D eigenvalue weighted by molar-refractivity contribution is 0.357. The van der Waals surface area contributed by atoms with Crippen LogP contribution >= 0.6 is 11.3 Å². The zero-order chi connectivity index (χ0) is 13.5. The maximum atomic E-state index is 12.2. The highest BCUT2D eigenvalue weighted by Crippen LogP contribution is 2.29. The highest BCUT2D eigenvalue weighted by atomic mass is 32.2. The van der Waals surface area contributed by atoms with Gasteiger partial charge >= 0.3 is 0 Å². The van der Waals surface area contributed by atoms with Crippen molar-refractivity contribution < 1.29 is 13.2 Å². The van der Waals surface area contributed by atoms with E-state index in [4.69, 9.17) is 4.74 Å². The number of rotatable bonds is 3. The Balaban J connectivity index is 1.89. The van der Waals surface area contributed by atoms with Crippen molar-refractivity contribution >= 4 is 27.0 Å². The number of hydrogen-bond donors (Lipinski definition) is 1. The molecule has 1 aromatic heterocycles. The van der Waals surface area contributed by atoms with Crippen LogP contribution in [0.2, 0.25) is 0 Å². The molecule has 1 aliphatic heterocycles. The van der Waals surface area contributed by atoms with E-state index in [-0.39, 0.29) is 0 Å². The summed E-state index contributed by atoms with van der Waals surface area (Å²) in [5, 5.41) is 0. The Kier molecular flexibility index (Phi) is 2.99. The summed E-state index contributed by atoms with van der Waals surface area (Å²) in [6, 6.07) is 8.79. The van der Waals surface area contributed by atoms with E-state index in [2.05, 4.69) is 4.72 Å². The number of fused-ring (bicyclic) bond motifs is 1. The summed E-state index contributed by atoms with van der Waals surface area (Å²) in [5.74, 6) is 0.843. The molecule has 0 saturated heterocycles. The first kappa shape index (κ1) is 12.5. The molecule has 0 spiro atoms. The summed E-state index contributed by atoms with van der Waals surface area (Å²) < 4.78 is 32.7. The Hall–Kier alpha value is -1.53. The standard InChI is InChI=1S/C13H13NO3S2/c1-9-2-5-13(18-9)19(15,16)14-11-3-4-12-10(8-11)6-7-17-12/h2-5,8,14H,6-7H2,1H3. The van der Waals surface area contributed by atoms with Crippen LogP contribution in [0.1, 0.15) is 10.4 Å². The van der Waals surface area contributed by atoms with Crippen LogP contribution in [0.3, 0.4) is 0 Å². The molecule has 0 fully saturated rings. The van der Waals surface area contributed by atoms with Gasteiger partial charge in [0.2, 0.25) is 0 Å². The minimum atomic E-state index is -3.48. The molecule has 0 atom stereocenters. The Bertz CT molecular complexity index is 719. The van der Waals surface area contributed by atoms with Gasteiger partial charge in [0, 0.05) is 17.0 Å². The molecule has 6 heteroatoms. The molecule has 0 radical (unpaired) electrons. The normalized spacial score (nSPS) is 13.9. The summed E-state index contributed by atoms with van der Waals surface area (Å²) in [4.78, 5) is 0.975. The molecule has 2 aromatic rings. The van der Waals surface area contributed by atoms with Crippen molar-refractivity contribution in [1.29, 1.82) is 0 Å². The second kappa shape index (κ2) is 4.54. The molecular formula is C13H13NO3S2. The molecule has 19 heavy (non-hydrogen) atoms. The van der Waals surface area contributed by atoms with Crippen molar-refractivity contribution in [2.24, 2.45) is 0 Å². The van der Waals surface area contributed by atoms with E-state index in [0.717, 1.165) is 22.6 Å². The molecule has 0 amide bonds. The first-order valence-corrected chi connectivity index (χ1v) is 8.19. The highest BCUT2D eigenvalue weighted by molar-refractivity contribution is 7.94. The van der Waals surface area contributed by atoms with Crippen LogP contribution < -0.4 is 9.46 Å². The fourth-order valence-corrected chi connectivity index (χ4v) is 4.34. The van der Waals surface area contributed by atoms with Crippen molar-refractivity contribution in [2.75, 3.05) is 11.3 Å². The quantitative estimate of drug-likeness (QED) is 0.947. The number of nitrogens with one attached hydrogen (secondary N) is 1. The lowest BCUT2D eigenvalue weighted by atomic mass is 10.1. The van der Waals surface area contributed by atoms with Crippen molar-refractivity contribution in [2.45, 2.75) is 17.6 Å². The van der Waals surface area contributed by atoms with Crippen LogP contribution in [0.5, 0.6) is 5.75 Å². The van der Waals surface area contributed by atoms with Gasteiger partial charge < -0.3 is 4.74 Å². The van der Waals surface area contributed by atoms with Crippen molar-refractivity contribution in [3.63, 3.8) is 0 Å². The Labute approximate surface area is 116 Å². The largest absolute Gasteiger partial charge is 0.493 e. The maximum absolute atomic E-state index is 12.2. The van der Waals surface area contributed by atoms with E-state index in [1.165, 1.54) is 11.3 Å². The fraction of sp³-hybridized carbons (Fsp3) is 0.231. The molecule has 0 aliphatic carbocycles. The SMILES string of the molecule is Cc1ccc(S(=O)(=O)Nc2ccc3c(c2)CCO3)s1. The minimum Gasteiger partial charge on any atom is -0.493 e. The number of hydrogen-bond acceptors (Lipinski definition) is 4. The summed E-state index contributed by atoms with van der Waals surface area (Å²) >= 11 is 1.26. The van der Waals surface area contributed by atoms with Gasteiger partial charge in [-0.25, -0.2) is 8.42 Å². The molecule has 1 aliphatic rings. The lowest BCUT2D eigenvalue weighted by Gasteiger charge is -2.07. The zero-order valence-corrected chi connectivity index (χ0v) is 12.0. The third-order valence-corrected chi connectivity index (χ3v) is 5.80. The van der Waals surface area contributed by atoms with Gasteiger partial charge in [0.05, 0.1) is 6.61 Å². The molecule has 100 valence electrons. The number of anilines is 1. The predicted octanol–water partition coefficient (Wildman–Crippen LogP) is 2.79. The van der Waals surface area contributed by atoms with Crippen LogP contribution in [0.25, 0.3) is 0 Å². The van der Waals surface area contributed by atoms with Gasteiger partial charge in [-0.05, 0) is 42.8 Å². The molecule has 3 rings (SSSR count). The first-order valence-electron chi connectivity index (χ1n) is 5.89. The molecule has 0 bridgehead atoms. The third kappa shape index (κ3) is 2.46. The third-order valence-electron chi connectivity index (χ3n) is 2.92. The van der Waals surface area contributed by atoms with Gasteiger partial charge in [-0.3, -0.25) is 4.72 Å². The molecule has 2 heterocycles. The number of thiophene rings is 1. The molecule has 1 aromatic carbocycles. The Morgan fingerprint density at radius 2 is 2.11 bits per heavy atom. The minimum absolute atomic E-state index is 0.335. The number of benzene rings is 1. The van der Waals surface area contributed by atoms with Crippen LogP contribution in [0.4, 0.5) is 5.69 Å². The van der Waals surface area contributed by atoms with Crippen LogP contribution in [0.15, 0.2) is 34.5 Å². The number of aryl methyl sites for hydroxylation is 1. The number of sulfonamides is 1. The average molecular weight is 295 g/mol. The predicted molar refractivity (Wildman–Crippen MR) is 75.5 cm³/mol. The topological polar surface area (TPSA) is 55.4 Å². The average Bonchev–Trinajstić information content (AvgIpc) is 2.96. The van der Waals surface area contributed by atoms with Crippen molar-refractivity contribution in [3.8, 4) is 5.75 Å². The second-order valence-electron chi connectivity index (χ2n) is 4.39. The van der Waals surface area contributed by atoms with Crippen molar-refractivity contribution in [1.82, 2.24) is 0 Å². The lowest BCUT2D eigenvalue weighted by Crippen LogP contribution is -2.11. The van der Waals surface area contributed by atoms with Gasteiger partial charge in [-0.1, -0.05) is 0 Å². The molecular weight excluding hydrogens is 282 g/mol. The monoisotopic (exact) mass is 295 g/mol. The van der Waals surface area contributed by atoms with Gasteiger partial charge in [0.25, 0.3) is 10.0 Å². The van der Waals surface area contributed by atoms with Gasteiger partial charge in [0.15, 0.2) is 0 Å². The first-order chi connectivity index (χ1) is 9.04. The van der Waals surface area contributed by atoms with Gasteiger partial charge in [-0.2, -0.15) is 0 Å². The van der Waals surface area contributed by atoms with E-state index in [9.17, 15) is 8.42 Å². The molecule has 1 N–H and O–H groups in total. The maximum Gasteiger partial charge on any atom is 0.271 e. The smallest absolute Gasteiger partial charge is 0.271 e. The van der Waals surface area contributed by atoms with Gasteiger partial charge in [-0.15, -0.1) is 11.3 Å². The summed E-state index contributed by atoms with van der Waals surface area (Å²) in [6.07, 6.45) is 0.822. The van der Waals surface area contributed by atoms with Crippen LogP contribution in [-0.2, 0) is 16.4 Å². The summed E-state index contributed by atoms with van der Waals surface area (Å²) in [5.41, 5.74) is 1.62. The van der Waals surface area contributed by atoms with Crippen LogP contribution in [0, 0.1) is 6.92 Å². The van der Waals surface area contributed by atoms with E-state index in [0.29, 0.717) is 16.5 Å². The fourth-order valence-electron chi connectivity index (χ4n) is 2.01. The zero-order valence-electron chi connectivity index (χ0n) is 10.3. The Morgan fingerprint density at radius 3 is 2.84 bits per heavy atom. The van der Waals surface area contributed by atoms with E-state index in [1.807, 2.05) is 13.0 Å². The highest BCUT2D eigenvalue weighted by Gasteiger charge is 2.18. The Morgan fingerprint density at radius 1 is 1.26 bits per heavy atom. The molecule has 0 saturated carbocycles. The summed E-state index contributed by atoms with van der Waals surface area (Å²) in [7, 11) is -3.48. The van der Waals surface area contributed by atoms with Crippen molar-refractivity contribution in [3.05, 3.63) is 40.8 Å². The van der Waals surface area contributed by atoms with E-state index in [1.54, 1.807) is 24.3 Å². The summed E-state index contributed by atoms with van der Waals surface area (Å²) in [6.45, 7) is 2.55. The van der Waals surface area contributed by atoms with Crippen LogP contribution in [-0.4, -0.2) is 15.0 Å².